The van der Waals surface area contributed by atoms with E-state index in [0.29, 0.717) is 0 Å². The highest BCUT2D eigenvalue weighted by atomic mass is 16.3. The van der Waals surface area contributed by atoms with Gasteiger partial charge in [0.05, 0.1) is 12.0 Å². The number of nitrogens with zero attached hydrogens (tertiary/aromatic N) is 1. The third kappa shape index (κ3) is 1.47. The van der Waals surface area contributed by atoms with Gasteiger partial charge in [-0.2, -0.15) is 0 Å². The molecule has 2 nitrogen and oxygen atoms in total. The SMILES string of the molecule is CC=CCc1nccc2occc12. The zero-order valence-corrected chi connectivity index (χ0v) is 7.53. The van der Waals surface area contributed by atoms with Crippen LogP contribution in [0.25, 0.3) is 11.0 Å². The van der Waals surface area contributed by atoms with Crippen molar-refractivity contribution in [2.24, 2.45) is 0 Å². The molecule has 0 unspecified atom stereocenters. The molecule has 66 valence electrons. The standard InChI is InChI=1S/C11H11NO/c1-2-3-4-10-9-6-8-13-11(9)5-7-12-10/h2-3,5-8H,4H2,1H3. The van der Waals surface area contributed by atoms with Gasteiger partial charge in [0.25, 0.3) is 0 Å². The molecule has 2 rings (SSSR count). The van der Waals surface area contributed by atoms with Crippen LogP contribution in [0.5, 0.6) is 0 Å². The van der Waals surface area contributed by atoms with E-state index >= 15 is 0 Å². The molecule has 2 heterocycles. The van der Waals surface area contributed by atoms with Crippen molar-refractivity contribution in [3.8, 4) is 0 Å². The van der Waals surface area contributed by atoms with Crippen molar-refractivity contribution in [2.75, 3.05) is 0 Å². The first kappa shape index (κ1) is 8.05. The van der Waals surface area contributed by atoms with Gasteiger partial charge >= 0.3 is 0 Å². The minimum absolute atomic E-state index is 0.868. The highest BCUT2D eigenvalue weighted by Crippen LogP contribution is 2.18. The minimum Gasteiger partial charge on any atom is -0.464 e. The summed E-state index contributed by atoms with van der Waals surface area (Å²) in [6.07, 6.45) is 8.47. The lowest BCUT2D eigenvalue weighted by Gasteiger charge is -1.95. The summed E-state index contributed by atoms with van der Waals surface area (Å²) in [5.41, 5.74) is 1.99. The van der Waals surface area contributed by atoms with Crippen LogP contribution < -0.4 is 0 Å². The Morgan fingerprint density at radius 3 is 3.23 bits per heavy atom. The van der Waals surface area contributed by atoms with Crippen molar-refractivity contribution >= 4 is 11.0 Å². The maximum Gasteiger partial charge on any atom is 0.137 e. The zero-order valence-electron chi connectivity index (χ0n) is 7.53. The molecule has 0 bridgehead atoms. The molecule has 0 atom stereocenters. The van der Waals surface area contributed by atoms with Crippen LogP contribution in [-0.4, -0.2) is 4.98 Å². The van der Waals surface area contributed by atoms with E-state index in [0.717, 1.165) is 23.1 Å². The number of hydrogen-bond acceptors (Lipinski definition) is 2. The lowest BCUT2D eigenvalue weighted by atomic mass is 10.2. The van der Waals surface area contributed by atoms with Crippen LogP contribution >= 0.6 is 0 Å². The molecule has 0 amide bonds. The van der Waals surface area contributed by atoms with Gasteiger partial charge in [0.2, 0.25) is 0 Å². The van der Waals surface area contributed by atoms with E-state index in [1.54, 1.807) is 12.5 Å². The molecule has 0 saturated carbocycles. The first-order valence-corrected chi connectivity index (χ1v) is 4.34. The molecule has 13 heavy (non-hydrogen) atoms. The van der Waals surface area contributed by atoms with E-state index in [1.807, 2.05) is 25.1 Å². The molecule has 2 aromatic heterocycles. The minimum atomic E-state index is 0.868. The average molecular weight is 173 g/mol. The van der Waals surface area contributed by atoms with Crippen molar-refractivity contribution in [3.05, 3.63) is 42.4 Å². The van der Waals surface area contributed by atoms with Gasteiger partial charge in [-0.3, -0.25) is 4.98 Å². The molecular weight excluding hydrogens is 162 g/mol. The van der Waals surface area contributed by atoms with Crippen molar-refractivity contribution in [3.63, 3.8) is 0 Å². The first-order valence-electron chi connectivity index (χ1n) is 4.34. The highest BCUT2D eigenvalue weighted by Gasteiger charge is 2.01. The van der Waals surface area contributed by atoms with Crippen LogP contribution in [0.1, 0.15) is 12.6 Å². The number of furan rings is 1. The molecule has 0 N–H and O–H groups in total. The molecular formula is C11H11NO. The summed E-state index contributed by atoms with van der Waals surface area (Å²) in [6, 6.07) is 3.84. The molecule has 0 spiro atoms. The smallest absolute Gasteiger partial charge is 0.137 e. The third-order valence-electron chi connectivity index (χ3n) is 2.01. The summed E-state index contributed by atoms with van der Waals surface area (Å²) in [4.78, 5) is 4.31. The molecule has 2 heteroatoms. The molecule has 0 aliphatic heterocycles. The number of pyridine rings is 1. The number of fused-ring (bicyclic) bond motifs is 1. The summed E-state index contributed by atoms with van der Waals surface area (Å²) in [7, 11) is 0. The van der Waals surface area contributed by atoms with Gasteiger partial charge in [-0.15, -0.1) is 0 Å². The topological polar surface area (TPSA) is 26.0 Å². The fourth-order valence-corrected chi connectivity index (χ4v) is 1.35. The summed E-state index contributed by atoms with van der Waals surface area (Å²) in [5, 5.41) is 1.11. The van der Waals surface area contributed by atoms with Crippen LogP contribution in [0.4, 0.5) is 0 Å². The van der Waals surface area contributed by atoms with Gasteiger partial charge in [-0.1, -0.05) is 12.2 Å². The summed E-state index contributed by atoms with van der Waals surface area (Å²) >= 11 is 0. The van der Waals surface area contributed by atoms with Crippen molar-refractivity contribution in [1.82, 2.24) is 4.98 Å². The van der Waals surface area contributed by atoms with E-state index in [1.165, 1.54) is 0 Å². The quantitative estimate of drug-likeness (QED) is 0.652. The van der Waals surface area contributed by atoms with E-state index < -0.39 is 0 Å². The lowest BCUT2D eigenvalue weighted by molar-refractivity contribution is 0.615. The van der Waals surface area contributed by atoms with E-state index in [4.69, 9.17) is 4.42 Å². The number of aromatic nitrogens is 1. The Morgan fingerprint density at radius 2 is 2.38 bits per heavy atom. The predicted molar refractivity (Wildman–Crippen MR) is 52.5 cm³/mol. The number of allylic oxidation sites excluding steroid dienone is 2. The van der Waals surface area contributed by atoms with E-state index in [9.17, 15) is 0 Å². The van der Waals surface area contributed by atoms with Crippen LogP contribution in [0, 0.1) is 0 Å². The first-order chi connectivity index (χ1) is 6.42. The molecule has 0 aliphatic rings. The fourth-order valence-electron chi connectivity index (χ4n) is 1.35. The molecule has 0 fully saturated rings. The lowest BCUT2D eigenvalue weighted by Crippen LogP contribution is -1.86. The molecule has 0 saturated heterocycles. The second-order valence-electron chi connectivity index (χ2n) is 2.86. The fraction of sp³-hybridized carbons (Fsp3) is 0.182. The molecule has 0 radical (unpaired) electrons. The van der Waals surface area contributed by atoms with Gasteiger partial charge in [-0.25, -0.2) is 0 Å². The predicted octanol–water partition coefficient (Wildman–Crippen LogP) is 2.95. The molecule has 0 aliphatic carbocycles. The van der Waals surface area contributed by atoms with Crippen molar-refractivity contribution < 1.29 is 4.42 Å². The summed E-state index contributed by atoms with van der Waals surface area (Å²) in [5.74, 6) is 0. The summed E-state index contributed by atoms with van der Waals surface area (Å²) < 4.78 is 5.27. The number of rotatable bonds is 2. The molecule has 2 aromatic rings. The van der Waals surface area contributed by atoms with E-state index in [2.05, 4.69) is 11.1 Å². The van der Waals surface area contributed by atoms with Crippen molar-refractivity contribution in [2.45, 2.75) is 13.3 Å². The van der Waals surface area contributed by atoms with Gasteiger partial charge in [0.1, 0.15) is 5.58 Å². The largest absolute Gasteiger partial charge is 0.464 e. The van der Waals surface area contributed by atoms with Crippen LogP contribution in [0.15, 0.2) is 41.2 Å². The van der Waals surface area contributed by atoms with Crippen LogP contribution in [-0.2, 0) is 6.42 Å². The molecule has 0 aromatic carbocycles. The van der Waals surface area contributed by atoms with Crippen LogP contribution in [0.3, 0.4) is 0 Å². The van der Waals surface area contributed by atoms with Crippen molar-refractivity contribution in [1.29, 1.82) is 0 Å². The Balaban J connectivity index is 2.48. The Morgan fingerprint density at radius 1 is 1.46 bits per heavy atom. The zero-order chi connectivity index (χ0) is 9.10. The van der Waals surface area contributed by atoms with Gasteiger partial charge in [-0.05, 0) is 19.1 Å². The van der Waals surface area contributed by atoms with E-state index in [-0.39, 0.29) is 0 Å². The Kier molecular flexibility index (Phi) is 2.13. The maximum absolute atomic E-state index is 5.27. The Bertz CT molecular complexity index is 428. The average Bonchev–Trinajstić information content (AvgIpc) is 2.62. The normalized spacial score (nSPS) is 11.5. The van der Waals surface area contributed by atoms with Gasteiger partial charge < -0.3 is 4.42 Å². The monoisotopic (exact) mass is 173 g/mol. The second-order valence-corrected chi connectivity index (χ2v) is 2.86. The third-order valence-corrected chi connectivity index (χ3v) is 2.01. The second kappa shape index (κ2) is 3.44. The maximum atomic E-state index is 5.27. The number of hydrogen-bond donors (Lipinski definition) is 0. The van der Waals surface area contributed by atoms with Gasteiger partial charge in [0.15, 0.2) is 0 Å². The Labute approximate surface area is 76.9 Å². The van der Waals surface area contributed by atoms with Gasteiger partial charge in [0, 0.05) is 18.0 Å². The highest BCUT2D eigenvalue weighted by molar-refractivity contribution is 5.79. The van der Waals surface area contributed by atoms with Crippen LogP contribution in [0.2, 0.25) is 0 Å². The summed E-state index contributed by atoms with van der Waals surface area (Å²) in [6.45, 7) is 2.01. The Hall–Kier alpha value is -1.57.